The predicted octanol–water partition coefficient (Wildman–Crippen LogP) is 2.32. The first-order valence-electron chi connectivity index (χ1n) is 7.32. The Bertz CT molecular complexity index is 461. The lowest BCUT2D eigenvalue weighted by atomic mass is 9.80. The average Bonchev–Trinajstić information content (AvgIpc) is 2.74. The van der Waals surface area contributed by atoms with Crippen LogP contribution in [0.15, 0.2) is 18.2 Å². The Morgan fingerprint density at radius 3 is 2.58 bits per heavy atom. The highest BCUT2D eigenvalue weighted by atomic mass is 15.2. The van der Waals surface area contributed by atoms with Crippen LogP contribution in [0.25, 0.3) is 0 Å². The molecule has 2 N–H and O–H groups in total. The van der Waals surface area contributed by atoms with Gasteiger partial charge in [-0.1, -0.05) is 13.0 Å². The third-order valence-corrected chi connectivity index (χ3v) is 4.82. The fourth-order valence-electron chi connectivity index (χ4n) is 3.45. The molecule has 0 saturated carbocycles. The van der Waals surface area contributed by atoms with Gasteiger partial charge in [0.05, 0.1) is 0 Å². The zero-order valence-corrected chi connectivity index (χ0v) is 12.2. The molecular formula is C16H25N3. The molecule has 104 valence electrons. The Hall–Kier alpha value is -1.06. The summed E-state index contributed by atoms with van der Waals surface area (Å²) in [7, 11) is 2.23. The highest BCUT2D eigenvalue weighted by Crippen LogP contribution is 2.34. The Kier molecular flexibility index (Phi) is 3.27. The number of piperidine rings is 1. The van der Waals surface area contributed by atoms with Crippen LogP contribution in [0.3, 0.4) is 0 Å². The van der Waals surface area contributed by atoms with Crippen molar-refractivity contribution in [3.63, 3.8) is 0 Å². The van der Waals surface area contributed by atoms with E-state index < -0.39 is 0 Å². The fourth-order valence-corrected chi connectivity index (χ4v) is 3.45. The molecule has 2 aliphatic rings. The van der Waals surface area contributed by atoms with Crippen molar-refractivity contribution in [1.29, 1.82) is 0 Å². The zero-order valence-electron chi connectivity index (χ0n) is 12.2. The first-order valence-corrected chi connectivity index (χ1v) is 7.32. The molecule has 1 aromatic carbocycles. The molecule has 2 aliphatic heterocycles. The first kappa shape index (κ1) is 12.9. The second kappa shape index (κ2) is 4.80. The van der Waals surface area contributed by atoms with Crippen molar-refractivity contribution in [2.75, 3.05) is 32.4 Å². The number of nitrogen functional groups attached to an aromatic ring is 1. The number of hydrogen-bond acceptors (Lipinski definition) is 3. The van der Waals surface area contributed by atoms with Crippen LogP contribution in [-0.4, -0.2) is 36.5 Å². The molecule has 0 bridgehead atoms. The van der Waals surface area contributed by atoms with E-state index in [0.717, 1.165) is 18.8 Å². The fraction of sp³-hybridized carbons (Fsp3) is 0.625. The molecule has 0 radical (unpaired) electrons. The van der Waals surface area contributed by atoms with Gasteiger partial charge in [0.1, 0.15) is 0 Å². The molecular weight excluding hydrogens is 234 g/mol. The lowest BCUT2D eigenvalue weighted by Gasteiger charge is -2.40. The topological polar surface area (TPSA) is 32.5 Å². The van der Waals surface area contributed by atoms with Crippen molar-refractivity contribution in [3.8, 4) is 0 Å². The van der Waals surface area contributed by atoms with E-state index in [-0.39, 0.29) is 0 Å². The first-order chi connectivity index (χ1) is 9.04. The molecule has 1 aromatic rings. The number of benzene rings is 1. The summed E-state index contributed by atoms with van der Waals surface area (Å²) in [5.74, 6) is 0. The van der Waals surface area contributed by atoms with Crippen molar-refractivity contribution >= 4 is 5.69 Å². The molecule has 3 nitrogen and oxygen atoms in total. The maximum atomic E-state index is 5.88. The van der Waals surface area contributed by atoms with E-state index in [1.54, 1.807) is 0 Å². The van der Waals surface area contributed by atoms with Crippen LogP contribution in [0.1, 0.15) is 30.9 Å². The SMILES string of the molecule is CN1CCC(C)(CN2Cc3ccc(N)cc3C2)CC1. The molecule has 0 amide bonds. The number of rotatable bonds is 2. The third kappa shape index (κ3) is 2.77. The molecule has 3 heteroatoms. The zero-order chi connectivity index (χ0) is 13.5. The summed E-state index contributed by atoms with van der Waals surface area (Å²) in [5.41, 5.74) is 10.1. The molecule has 0 atom stereocenters. The van der Waals surface area contributed by atoms with Crippen LogP contribution in [0.2, 0.25) is 0 Å². The Morgan fingerprint density at radius 1 is 1.16 bits per heavy atom. The number of anilines is 1. The highest BCUT2D eigenvalue weighted by molar-refractivity contribution is 5.46. The third-order valence-electron chi connectivity index (χ3n) is 4.82. The number of likely N-dealkylation sites (tertiary alicyclic amines) is 1. The second-order valence-corrected chi connectivity index (χ2v) is 6.79. The van der Waals surface area contributed by atoms with Crippen molar-refractivity contribution in [2.45, 2.75) is 32.9 Å². The van der Waals surface area contributed by atoms with Gasteiger partial charge in [-0.3, -0.25) is 4.90 Å². The van der Waals surface area contributed by atoms with Gasteiger partial charge in [-0.25, -0.2) is 0 Å². The maximum Gasteiger partial charge on any atom is 0.0317 e. The minimum Gasteiger partial charge on any atom is -0.399 e. The second-order valence-electron chi connectivity index (χ2n) is 6.79. The van der Waals surface area contributed by atoms with Crippen LogP contribution in [0.4, 0.5) is 5.69 Å². The van der Waals surface area contributed by atoms with Crippen LogP contribution in [-0.2, 0) is 13.1 Å². The van der Waals surface area contributed by atoms with E-state index in [2.05, 4.69) is 35.9 Å². The molecule has 1 fully saturated rings. The lowest BCUT2D eigenvalue weighted by Crippen LogP contribution is -2.42. The van der Waals surface area contributed by atoms with Gasteiger partial charge < -0.3 is 10.6 Å². The van der Waals surface area contributed by atoms with Crippen molar-refractivity contribution < 1.29 is 0 Å². The Labute approximate surface area is 116 Å². The normalized spacial score (nSPS) is 23.5. The molecule has 2 heterocycles. The van der Waals surface area contributed by atoms with Crippen molar-refractivity contribution in [3.05, 3.63) is 29.3 Å². The van der Waals surface area contributed by atoms with Gasteiger partial charge in [0, 0.05) is 25.3 Å². The van der Waals surface area contributed by atoms with Gasteiger partial charge in [-0.2, -0.15) is 0 Å². The van der Waals surface area contributed by atoms with Crippen molar-refractivity contribution in [1.82, 2.24) is 9.80 Å². The number of nitrogens with zero attached hydrogens (tertiary/aromatic N) is 2. The van der Waals surface area contributed by atoms with Gasteiger partial charge in [0.15, 0.2) is 0 Å². The van der Waals surface area contributed by atoms with Crippen LogP contribution < -0.4 is 5.73 Å². The quantitative estimate of drug-likeness (QED) is 0.827. The summed E-state index contributed by atoms with van der Waals surface area (Å²) in [6, 6.07) is 6.37. The molecule has 0 unspecified atom stereocenters. The van der Waals surface area contributed by atoms with Gasteiger partial charge in [0.2, 0.25) is 0 Å². The molecule has 0 aliphatic carbocycles. The van der Waals surface area contributed by atoms with E-state index in [0.29, 0.717) is 5.41 Å². The van der Waals surface area contributed by atoms with Gasteiger partial charge >= 0.3 is 0 Å². The van der Waals surface area contributed by atoms with Gasteiger partial charge in [-0.05, 0) is 61.7 Å². The highest BCUT2D eigenvalue weighted by Gasteiger charge is 2.32. The monoisotopic (exact) mass is 259 g/mol. The molecule has 0 aromatic heterocycles. The summed E-state index contributed by atoms with van der Waals surface area (Å²) in [6.07, 6.45) is 2.64. The number of fused-ring (bicyclic) bond motifs is 1. The van der Waals surface area contributed by atoms with E-state index in [1.165, 1.54) is 43.6 Å². The summed E-state index contributed by atoms with van der Waals surface area (Å²) >= 11 is 0. The van der Waals surface area contributed by atoms with Crippen LogP contribution in [0.5, 0.6) is 0 Å². The summed E-state index contributed by atoms with van der Waals surface area (Å²) < 4.78 is 0. The summed E-state index contributed by atoms with van der Waals surface area (Å²) in [5, 5.41) is 0. The maximum absolute atomic E-state index is 5.88. The van der Waals surface area contributed by atoms with Gasteiger partial charge in [0.25, 0.3) is 0 Å². The lowest BCUT2D eigenvalue weighted by molar-refractivity contribution is 0.0854. The predicted molar refractivity (Wildman–Crippen MR) is 79.8 cm³/mol. The molecule has 0 spiro atoms. The van der Waals surface area contributed by atoms with E-state index in [4.69, 9.17) is 5.73 Å². The van der Waals surface area contributed by atoms with E-state index in [9.17, 15) is 0 Å². The molecule has 1 saturated heterocycles. The van der Waals surface area contributed by atoms with E-state index in [1.807, 2.05) is 6.07 Å². The smallest absolute Gasteiger partial charge is 0.0317 e. The van der Waals surface area contributed by atoms with Gasteiger partial charge in [-0.15, -0.1) is 0 Å². The van der Waals surface area contributed by atoms with Crippen LogP contribution in [0, 0.1) is 5.41 Å². The van der Waals surface area contributed by atoms with E-state index >= 15 is 0 Å². The largest absolute Gasteiger partial charge is 0.399 e. The minimum absolute atomic E-state index is 0.486. The minimum atomic E-state index is 0.486. The summed E-state index contributed by atoms with van der Waals surface area (Å²) in [4.78, 5) is 5.04. The Balaban J connectivity index is 1.64. The number of hydrogen-bond donors (Lipinski definition) is 1. The molecule has 19 heavy (non-hydrogen) atoms. The standard InChI is InChI=1S/C16H25N3/c1-16(5-7-18(2)8-6-16)12-19-10-13-3-4-15(17)9-14(13)11-19/h3-4,9H,5-8,10-12,17H2,1-2H3. The average molecular weight is 259 g/mol. The number of nitrogens with two attached hydrogens (primary N) is 1. The Morgan fingerprint density at radius 2 is 1.84 bits per heavy atom. The van der Waals surface area contributed by atoms with Crippen molar-refractivity contribution in [2.24, 2.45) is 5.41 Å². The molecule has 3 rings (SSSR count). The van der Waals surface area contributed by atoms with Crippen LogP contribution >= 0.6 is 0 Å². The summed E-state index contributed by atoms with van der Waals surface area (Å²) in [6.45, 7) is 8.33.